The molecule has 2 heteroatoms. The van der Waals surface area contributed by atoms with Gasteiger partial charge in [0.15, 0.2) is 0 Å². The third-order valence-corrected chi connectivity index (χ3v) is 4.44. The fourth-order valence-corrected chi connectivity index (χ4v) is 2.79. The van der Waals surface area contributed by atoms with Gasteiger partial charge in [-0.2, -0.15) is 0 Å². The van der Waals surface area contributed by atoms with Crippen LogP contribution in [0.1, 0.15) is 29.2 Å². The Kier molecular flexibility index (Phi) is 5.33. The van der Waals surface area contributed by atoms with Crippen LogP contribution in [0, 0.1) is 13.8 Å². The Balaban J connectivity index is 2.12. The van der Waals surface area contributed by atoms with E-state index in [9.17, 15) is 0 Å². The van der Waals surface area contributed by atoms with Crippen molar-refractivity contribution in [1.82, 2.24) is 0 Å². The molecule has 0 aliphatic rings. The van der Waals surface area contributed by atoms with E-state index in [0.29, 0.717) is 0 Å². The minimum absolute atomic E-state index is 0.750. The van der Waals surface area contributed by atoms with Gasteiger partial charge in [0, 0.05) is 11.3 Å². The average molecular weight is 340 g/mol. The molecule has 0 aliphatic heterocycles. The number of rotatable bonds is 4. The maximum Gasteiger partial charge on any atom is 0.0759 e. The smallest absolute Gasteiger partial charge is 0.0759 e. The second-order valence-corrected chi connectivity index (χ2v) is 6.57. The van der Waals surface area contributed by atoms with Crippen LogP contribution in [0.3, 0.4) is 0 Å². The van der Waals surface area contributed by atoms with Gasteiger partial charge in [0.25, 0.3) is 0 Å². The van der Waals surface area contributed by atoms with Crippen molar-refractivity contribution in [1.29, 1.82) is 0 Å². The van der Waals surface area contributed by atoms with E-state index in [-0.39, 0.29) is 0 Å². The molecule has 26 heavy (non-hydrogen) atoms. The lowest BCUT2D eigenvalue weighted by molar-refractivity contribution is 1.38. The zero-order valence-electron chi connectivity index (χ0n) is 15.5. The summed E-state index contributed by atoms with van der Waals surface area (Å²) < 4.78 is 0. The second-order valence-electron chi connectivity index (χ2n) is 6.57. The van der Waals surface area contributed by atoms with Crippen LogP contribution in [0.25, 0.3) is 5.70 Å². The minimum atomic E-state index is 0.750. The highest BCUT2D eigenvalue weighted by Crippen LogP contribution is 2.22. The molecule has 2 N–H and O–H groups in total. The van der Waals surface area contributed by atoms with Gasteiger partial charge in [-0.05, 0) is 44.0 Å². The Morgan fingerprint density at radius 3 is 1.81 bits per heavy atom. The Morgan fingerprint density at radius 2 is 1.23 bits per heavy atom. The van der Waals surface area contributed by atoms with Crippen molar-refractivity contribution in [3.63, 3.8) is 0 Å². The van der Waals surface area contributed by atoms with Crippen molar-refractivity contribution >= 4 is 17.1 Å². The first-order valence-electron chi connectivity index (χ1n) is 8.79. The Labute approximate surface area is 155 Å². The zero-order valence-corrected chi connectivity index (χ0v) is 15.5. The number of aryl methyl sites for hydroxylation is 2. The summed E-state index contributed by atoms with van der Waals surface area (Å²) in [5, 5.41) is 0. The van der Waals surface area contributed by atoms with E-state index in [4.69, 9.17) is 10.7 Å². The summed E-state index contributed by atoms with van der Waals surface area (Å²) in [4.78, 5) is 4.91. The Hall–Kier alpha value is -3.13. The number of hydrogen-bond acceptors (Lipinski definition) is 2. The lowest BCUT2D eigenvalue weighted by Gasteiger charge is -2.12. The number of allylic oxidation sites excluding steroid dienone is 1. The standard InChI is InChI=1S/C24H24N2/c1-17-9-13-20(14-10-17)23(25)19(3)24(21-7-5-4-6-8-21)26-22-15-11-18(2)12-16-22/h4-16H,25H2,1-3H3/b23-19-,26-24?. The largest absolute Gasteiger partial charge is 0.398 e. The third kappa shape index (κ3) is 4.09. The second kappa shape index (κ2) is 7.83. The fraction of sp³-hybridized carbons (Fsp3) is 0.125. The molecule has 130 valence electrons. The van der Waals surface area contributed by atoms with Gasteiger partial charge in [0.05, 0.1) is 11.4 Å². The normalized spacial score (nSPS) is 12.7. The number of nitrogens with zero attached hydrogens (tertiary/aromatic N) is 1. The highest BCUT2D eigenvalue weighted by molar-refractivity contribution is 6.16. The Bertz CT molecular complexity index is 932. The molecule has 0 heterocycles. The lowest BCUT2D eigenvalue weighted by Crippen LogP contribution is -2.10. The quantitative estimate of drug-likeness (QED) is 0.598. The van der Waals surface area contributed by atoms with Gasteiger partial charge in [-0.3, -0.25) is 0 Å². The molecule has 3 aromatic rings. The van der Waals surface area contributed by atoms with Crippen LogP contribution in [0.4, 0.5) is 5.69 Å². The summed E-state index contributed by atoms with van der Waals surface area (Å²) in [7, 11) is 0. The lowest BCUT2D eigenvalue weighted by atomic mass is 9.98. The Morgan fingerprint density at radius 1 is 0.692 bits per heavy atom. The number of hydrogen-bond donors (Lipinski definition) is 1. The SMILES string of the molecule is C/C(C(=Nc1ccc(C)cc1)c1ccccc1)=C(/N)c1ccc(C)cc1. The molecule has 0 aromatic heterocycles. The highest BCUT2D eigenvalue weighted by atomic mass is 14.8. The predicted molar refractivity (Wildman–Crippen MR) is 112 cm³/mol. The molecule has 0 saturated carbocycles. The number of nitrogens with two attached hydrogens (primary N) is 1. The van der Waals surface area contributed by atoms with Crippen LogP contribution >= 0.6 is 0 Å². The van der Waals surface area contributed by atoms with E-state index < -0.39 is 0 Å². The molecule has 0 bridgehead atoms. The van der Waals surface area contributed by atoms with Gasteiger partial charge < -0.3 is 5.73 Å². The van der Waals surface area contributed by atoms with Crippen LogP contribution < -0.4 is 5.73 Å². The number of aliphatic imine (C=N–C) groups is 1. The van der Waals surface area contributed by atoms with Gasteiger partial charge in [0.2, 0.25) is 0 Å². The molecule has 2 nitrogen and oxygen atoms in total. The summed E-state index contributed by atoms with van der Waals surface area (Å²) in [5.74, 6) is 0. The van der Waals surface area contributed by atoms with E-state index in [1.807, 2.05) is 37.3 Å². The van der Waals surface area contributed by atoms with Gasteiger partial charge in [-0.1, -0.05) is 77.9 Å². The average Bonchev–Trinajstić information content (AvgIpc) is 2.68. The van der Waals surface area contributed by atoms with E-state index in [0.717, 1.165) is 33.8 Å². The monoisotopic (exact) mass is 340 g/mol. The van der Waals surface area contributed by atoms with Crippen LogP contribution in [-0.4, -0.2) is 5.71 Å². The van der Waals surface area contributed by atoms with E-state index in [1.165, 1.54) is 11.1 Å². The molecule has 0 amide bonds. The van der Waals surface area contributed by atoms with Gasteiger partial charge in [-0.15, -0.1) is 0 Å². The number of benzene rings is 3. The van der Waals surface area contributed by atoms with E-state index in [1.54, 1.807) is 0 Å². The molecular weight excluding hydrogens is 316 g/mol. The maximum atomic E-state index is 6.50. The first-order chi connectivity index (χ1) is 12.5. The van der Waals surface area contributed by atoms with Crippen LogP contribution in [0.15, 0.2) is 89.4 Å². The van der Waals surface area contributed by atoms with E-state index in [2.05, 4.69) is 62.4 Å². The van der Waals surface area contributed by atoms with Gasteiger partial charge >= 0.3 is 0 Å². The molecular formula is C24H24N2. The van der Waals surface area contributed by atoms with Gasteiger partial charge in [-0.25, -0.2) is 4.99 Å². The molecule has 3 rings (SSSR count). The molecule has 3 aromatic carbocycles. The molecule has 0 fully saturated rings. The van der Waals surface area contributed by atoms with Crippen LogP contribution in [0.5, 0.6) is 0 Å². The summed E-state index contributed by atoms with van der Waals surface area (Å²) >= 11 is 0. The molecule has 0 atom stereocenters. The summed E-state index contributed by atoms with van der Waals surface area (Å²) in [6.07, 6.45) is 0. The molecule has 0 spiro atoms. The highest BCUT2D eigenvalue weighted by Gasteiger charge is 2.11. The maximum absolute atomic E-state index is 6.50. The molecule has 0 unspecified atom stereocenters. The topological polar surface area (TPSA) is 38.4 Å². The summed E-state index contributed by atoms with van der Waals surface area (Å²) in [6.45, 7) is 6.19. The molecule has 0 aliphatic carbocycles. The summed E-state index contributed by atoms with van der Waals surface area (Å²) in [5.41, 5.74) is 14.6. The van der Waals surface area contributed by atoms with Crippen LogP contribution in [0.2, 0.25) is 0 Å². The van der Waals surface area contributed by atoms with Gasteiger partial charge in [0.1, 0.15) is 0 Å². The van der Waals surface area contributed by atoms with Crippen molar-refractivity contribution in [3.05, 3.63) is 107 Å². The molecule has 0 saturated heterocycles. The summed E-state index contributed by atoms with van der Waals surface area (Å²) in [6, 6.07) is 26.7. The first-order valence-corrected chi connectivity index (χ1v) is 8.79. The first kappa shape index (κ1) is 17.7. The molecule has 0 radical (unpaired) electrons. The van der Waals surface area contributed by atoms with E-state index >= 15 is 0 Å². The van der Waals surface area contributed by atoms with Crippen molar-refractivity contribution in [2.75, 3.05) is 0 Å². The predicted octanol–water partition coefficient (Wildman–Crippen LogP) is 5.81. The van der Waals surface area contributed by atoms with Crippen molar-refractivity contribution < 1.29 is 0 Å². The van der Waals surface area contributed by atoms with Crippen molar-refractivity contribution in [2.45, 2.75) is 20.8 Å². The third-order valence-electron chi connectivity index (χ3n) is 4.44. The fourth-order valence-electron chi connectivity index (χ4n) is 2.79. The van der Waals surface area contributed by atoms with Crippen molar-refractivity contribution in [2.24, 2.45) is 10.7 Å². The zero-order chi connectivity index (χ0) is 18.5. The minimum Gasteiger partial charge on any atom is -0.398 e. The van der Waals surface area contributed by atoms with Crippen molar-refractivity contribution in [3.8, 4) is 0 Å². The van der Waals surface area contributed by atoms with Crippen LogP contribution in [-0.2, 0) is 0 Å².